The molecular weight excluding hydrogens is 352 g/mol. The molecule has 0 spiro atoms. The Morgan fingerprint density at radius 2 is 1.00 bits per heavy atom. The van der Waals surface area contributed by atoms with Crippen LogP contribution in [0.1, 0.15) is 89.9 Å². The van der Waals surface area contributed by atoms with Crippen molar-refractivity contribution in [3.05, 3.63) is 12.4 Å². The highest BCUT2D eigenvalue weighted by molar-refractivity contribution is 5.93. The minimum Gasteiger partial charge on any atom is -0.309 e. The van der Waals surface area contributed by atoms with E-state index in [4.69, 9.17) is 0 Å². The van der Waals surface area contributed by atoms with E-state index >= 15 is 0 Å². The molecule has 6 heteroatoms. The van der Waals surface area contributed by atoms with E-state index in [1.165, 1.54) is 38.5 Å². The summed E-state index contributed by atoms with van der Waals surface area (Å²) < 4.78 is 0. The summed E-state index contributed by atoms with van der Waals surface area (Å²) in [5, 5.41) is 5.81. The molecule has 28 heavy (non-hydrogen) atoms. The molecule has 0 bridgehead atoms. The molecule has 6 nitrogen and oxygen atoms in total. The molecular formula is C22H34N4O2. The van der Waals surface area contributed by atoms with Crippen LogP contribution < -0.4 is 10.6 Å². The number of hydrogen-bond donors (Lipinski definition) is 2. The van der Waals surface area contributed by atoms with E-state index in [-0.39, 0.29) is 23.7 Å². The zero-order chi connectivity index (χ0) is 19.6. The maximum absolute atomic E-state index is 12.6. The van der Waals surface area contributed by atoms with Gasteiger partial charge in [0, 0.05) is 11.8 Å². The van der Waals surface area contributed by atoms with Crippen molar-refractivity contribution < 1.29 is 9.59 Å². The van der Waals surface area contributed by atoms with Gasteiger partial charge < -0.3 is 10.6 Å². The van der Waals surface area contributed by atoms with Crippen LogP contribution in [-0.4, -0.2) is 21.8 Å². The first-order valence-electron chi connectivity index (χ1n) is 11.2. The Balaban J connectivity index is 1.55. The van der Waals surface area contributed by atoms with Crippen LogP contribution in [-0.2, 0) is 9.59 Å². The number of aromatic nitrogens is 2. The fourth-order valence-corrected chi connectivity index (χ4v) is 4.38. The van der Waals surface area contributed by atoms with E-state index in [0.717, 1.165) is 51.4 Å². The topological polar surface area (TPSA) is 84.0 Å². The van der Waals surface area contributed by atoms with E-state index < -0.39 is 0 Å². The number of nitrogens with zero attached hydrogens (tertiary/aromatic N) is 2. The van der Waals surface area contributed by atoms with Gasteiger partial charge in [0.05, 0.1) is 12.4 Å². The van der Waals surface area contributed by atoms with Crippen LogP contribution in [0, 0.1) is 11.8 Å². The SMILES string of the molecule is O=C(Nc1cncc(NC(=O)C2CCCCCCC2)n1)C1CCCCCCC1. The van der Waals surface area contributed by atoms with Gasteiger partial charge in [0.15, 0.2) is 11.6 Å². The van der Waals surface area contributed by atoms with Gasteiger partial charge in [-0.2, -0.15) is 0 Å². The van der Waals surface area contributed by atoms with Crippen molar-refractivity contribution in [3.63, 3.8) is 0 Å². The van der Waals surface area contributed by atoms with Crippen molar-refractivity contribution in [2.75, 3.05) is 10.6 Å². The van der Waals surface area contributed by atoms with E-state index in [9.17, 15) is 9.59 Å². The molecule has 3 rings (SSSR count). The molecule has 0 atom stereocenters. The third kappa shape index (κ3) is 6.57. The monoisotopic (exact) mass is 386 g/mol. The molecule has 2 aliphatic rings. The van der Waals surface area contributed by atoms with Gasteiger partial charge in [0.1, 0.15) is 0 Å². The fourth-order valence-electron chi connectivity index (χ4n) is 4.38. The lowest BCUT2D eigenvalue weighted by Gasteiger charge is -2.20. The van der Waals surface area contributed by atoms with Gasteiger partial charge in [0.2, 0.25) is 11.8 Å². The summed E-state index contributed by atoms with van der Waals surface area (Å²) in [6, 6.07) is 0. The molecule has 0 aromatic carbocycles. The number of hydrogen-bond acceptors (Lipinski definition) is 4. The molecule has 0 aliphatic heterocycles. The number of carbonyl (C=O) groups is 2. The quantitative estimate of drug-likeness (QED) is 0.756. The van der Waals surface area contributed by atoms with E-state index in [2.05, 4.69) is 20.6 Å². The van der Waals surface area contributed by atoms with Crippen molar-refractivity contribution in [3.8, 4) is 0 Å². The molecule has 0 unspecified atom stereocenters. The number of anilines is 2. The van der Waals surface area contributed by atoms with Crippen LogP contribution in [0.2, 0.25) is 0 Å². The van der Waals surface area contributed by atoms with E-state index in [0.29, 0.717) is 11.6 Å². The van der Waals surface area contributed by atoms with Crippen LogP contribution in [0.4, 0.5) is 11.6 Å². The van der Waals surface area contributed by atoms with E-state index in [1.807, 2.05) is 0 Å². The first-order chi connectivity index (χ1) is 13.7. The molecule has 2 aliphatic carbocycles. The summed E-state index contributed by atoms with van der Waals surface area (Å²) in [6.07, 6.45) is 18.7. The first-order valence-corrected chi connectivity index (χ1v) is 11.2. The van der Waals surface area contributed by atoms with Gasteiger partial charge in [0.25, 0.3) is 0 Å². The number of rotatable bonds is 4. The largest absolute Gasteiger partial charge is 0.309 e. The Morgan fingerprint density at radius 3 is 1.39 bits per heavy atom. The van der Waals surface area contributed by atoms with Crippen LogP contribution >= 0.6 is 0 Å². The maximum Gasteiger partial charge on any atom is 0.228 e. The Labute approximate surface area is 168 Å². The average molecular weight is 387 g/mol. The normalized spacial score (nSPS) is 20.3. The minimum atomic E-state index is 0.0275. The summed E-state index contributed by atoms with van der Waals surface area (Å²) in [5.74, 6) is 0.995. The van der Waals surface area contributed by atoms with Crippen molar-refractivity contribution in [1.29, 1.82) is 0 Å². The second-order valence-corrected chi connectivity index (χ2v) is 8.35. The Kier molecular flexibility index (Phi) is 8.24. The molecule has 2 saturated carbocycles. The van der Waals surface area contributed by atoms with Crippen LogP contribution in [0.15, 0.2) is 12.4 Å². The molecule has 2 amide bonds. The molecule has 2 N–H and O–H groups in total. The highest BCUT2D eigenvalue weighted by Crippen LogP contribution is 2.25. The predicted octanol–water partition coefficient (Wildman–Crippen LogP) is 5.07. The lowest BCUT2D eigenvalue weighted by Crippen LogP contribution is -2.26. The number of nitrogens with one attached hydrogen (secondary N) is 2. The predicted molar refractivity (Wildman–Crippen MR) is 111 cm³/mol. The summed E-state index contributed by atoms with van der Waals surface area (Å²) in [5.41, 5.74) is 0. The van der Waals surface area contributed by atoms with Crippen LogP contribution in [0.25, 0.3) is 0 Å². The third-order valence-corrected chi connectivity index (χ3v) is 6.09. The minimum absolute atomic E-state index is 0.0275. The zero-order valence-electron chi connectivity index (χ0n) is 16.9. The zero-order valence-corrected chi connectivity index (χ0v) is 16.9. The van der Waals surface area contributed by atoms with Crippen LogP contribution in [0.3, 0.4) is 0 Å². The summed E-state index contributed by atoms with van der Waals surface area (Å²) in [7, 11) is 0. The lowest BCUT2D eigenvalue weighted by molar-refractivity contribution is -0.121. The molecule has 1 heterocycles. The van der Waals surface area contributed by atoms with Gasteiger partial charge in [-0.3, -0.25) is 14.6 Å². The molecule has 0 saturated heterocycles. The molecule has 154 valence electrons. The maximum atomic E-state index is 12.6. The lowest BCUT2D eigenvalue weighted by atomic mass is 9.90. The fraction of sp³-hybridized carbons (Fsp3) is 0.727. The first kappa shape index (κ1) is 20.7. The second kappa shape index (κ2) is 11.1. The number of carbonyl (C=O) groups excluding carboxylic acids is 2. The van der Waals surface area contributed by atoms with Crippen molar-refractivity contribution in [1.82, 2.24) is 9.97 Å². The van der Waals surface area contributed by atoms with Gasteiger partial charge in [-0.25, -0.2) is 4.98 Å². The van der Waals surface area contributed by atoms with Gasteiger partial charge >= 0.3 is 0 Å². The Bertz CT molecular complexity index is 582. The second-order valence-electron chi connectivity index (χ2n) is 8.35. The highest BCUT2D eigenvalue weighted by Gasteiger charge is 2.22. The average Bonchev–Trinajstić information content (AvgIpc) is 2.61. The molecule has 2 fully saturated rings. The summed E-state index contributed by atoms with van der Waals surface area (Å²) in [4.78, 5) is 33.8. The summed E-state index contributed by atoms with van der Waals surface area (Å²) in [6.45, 7) is 0. The van der Waals surface area contributed by atoms with Crippen molar-refractivity contribution in [2.24, 2.45) is 11.8 Å². The Hall–Kier alpha value is -1.98. The Morgan fingerprint density at radius 1 is 0.643 bits per heavy atom. The molecule has 1 aromatic heterocycles. The van der Waals surface area contributed by atoms with Crippen molar-refractivity contribution >= 4 is 23.5 Å². The standard InChI is InChI=1S/C22H34N4O2/c27-21(17-11-7-3-1-4-8-12-17)25-19-15-23-16-20(24-19)26-22(28)18-13-9-5-2-6-10-14-18/h15-18H,1-14H2,(H2,24,25,26,27,28). The van der Waals surface area contributed by atoms with Crippen LogP contribution in [0.5, 0.6) is 0 Å². The smallest absolute Gasteiger partial charge is 0.228 e. The molecule has 0 radical (unpaired) electrons. The van der Waals surface area contributed by atoms with Gasteiger partial charge in [-0.05, 0) is 25.7 Å². The summed E-state index contributed by atoms with van der Waals surface area (Å²) >= 11 is 0. The molecule has 1 aromatic rings. The van der Waals surface area contributed by atoms with Gasteiger partial charge in [-0.15, -0.1) is 0 Å². The third-order valence-electron chi connectivity index (χ3n) is 6.09. The number of amides is 2. The van der Waals surface area contributed by atoms with Gasteiger partial charge in [-0.1, -0.05) is 64.2 Å². The van der Waals surface area contributed by atoms with E-state index in [1.54, 1.807) is 12.4 Å². The van der Waals surface area contributed by atoms with Crippen molar-refractivity contribution in [2.45, 2.75) is 89.9 Å². The highest BCUT2D eigenvalue weighted by atomic mass is 16.2.